The Kier molecular flexibility index (Phi) is 4.94. The molecule has 1 aromatic rings. The lowest BCUT2D eigenvalue weighted by Gasteiger charge is -2.23. The molecule has 0 aliphatic carbocycles. The van der Waals surface area contributed by atoms with Gasteiger partial charge in [0.05, 0.1) is 6.61 Å². The number of nitrogens with two attached hydrogens (primary N) is 1. The van der Waals surface area contributed by atoms with Crippen molar-refractivity contribution >= 4 is 11.6 Å². The summed E-state index contributed by atoms with van der Waals surface area (Å²) in [6, 6.07) is 0. The number of hydrazine groups is 1. The summed E-state index contributed by atoms with van der Waals surface area (Å²) in [6.45, 7) is 5.49. The second-order valence-electron chi connectivity index (χ2n) is 3.33. The molecule has 0 spiro atoms. The van der Waals surface area contributed by atoms with Crippen molar-refractivity contribution in [3.8, 4) is 0 Å². The number of rotatable bonds is 6. The van der Waals surface area contributed by atoms with E-state index in [1.807, 2.05) is 18.7 Å². The lowest BCUT2D eigenvalue weighted by molar-refractivity contribution is 0.302. The number of hydrogen-bond acceptors (Lipinski definition) is 6. The van der Waals surface area contributed by atoms with Crippen LogP contribution in [-0.2, 0) is 6.42 Å². The molecule has 90 valence electrons. The third-order valence-electron chi connectivity index (χ3n) is 2.46. The first-order chi connectivity index (χ1) is 7.78. The molecule has 16 heavy (non-hydrogen) atoms. The molecular weight excluding hydrogens is 206 g/mol. The van der Waals surface area contributed by atoms with E-state index in [2.05, 4.69) is 15.4 Å². The Morgan fingerprint density at radius 1 is 1.44 bits per heavy atom. The quantitative estimate of drug-likeness (QED) is 0.471. The van der Waals surface area contributed by atoms with Crippen molar-refractivity contribution in [1.29, 1.82) is 0 Å². The Hall–Kier alpha value is -1.40. The molecule has 0 radical (unpaired) electrons. The van der Waals surface area contributed by atoms with Crippen molar-refractivity contribution in [3.63, 3.8) is 0 Å². The van der Waals surface area contributed by atoms with Gasteiger partial charge >= 0.3 is 0 Å². The molecule has 4 N–H and O–H groups in total. The Morgan fingerprint density at radius 2 is 2.19 bits per heavy atom. The van der Waals surface area contributed by atoms with Crippen molar-refractivity contribution in [2.45, 2.75) is 20.3 Å². The van der Waals surface area contributed by atoms with Crippen LogP contribution in [0.2, 0.25) is 0 Å². The number of nitrogens with zero attached hydrogens (tertiary/aromatic N) is 3. The summed E-state index contributed by atoms with van der Waals surface area (Å²) in [4.78, 5) is 10.3. The van der Waals surface area contributed by atoms with Crippen LogP contribution in [0.1, 0.15) is 19.4 Å². The Balaban J connectivity index is 3.09. The lowest BCUT2D eigenvalue weighted by Crippen LogP contribution is -2.29. The van der Waals surface area contributed by atoms with Gasteiger partial charge < -0.3 is 15.4 Å². The molecule has 0 bridgehead atoms. The van der Waals surface area contributed by atoms with E-state index < -0.39 is 0 Å². The molecule has 1 heterocycles. The molecule has 0 saturated heterocycles. The highest BCUT2D eigenvalue weighted by atomic mass is 16.3. The van der Waals surface area contributed by atoms with E-state index in [1.54, 1.807) is 0 Å². The number of nitrogens with one attached hydrogen (secondary N) is 1. The molecular formula is C10H19N5O. The molecule has 1 aromatic heterocycles. The minimum absolute atomic E-state index is 0.104. The third kappa shape index (κ3) is 2.59. The van der Waals surface area contributed by atoms with Crippen LogP contribution in [-0.4, -0.2) is 34.8 Å². The fourth-order valence-corrected chi connectivity index (χ4v) is 1.66. The number of anilines is 2. The molecule has 6 heteroatoms. The van der Waals surface area contributed by atoms with Gasteiger partial charge in [-0.3, -0.25) is 0 Å². The van der Waals surface area contributed by atoms with E-state index in [4.69, 9.17) is 10.9 Å². The molecule has 1 rings (SSSR count). The number of aromatic nitrogens is 2. The van der Waals surface area contributed by atoms with Gasteiger partial charge in [0.2, 0.25) is 0 Å². The van der Waals surface area contributed by atoms with Crippen LogP contribution < -0.4 is 16.2 Å². The summed E-state index contributed by atoms with van der Waals surface area (Å²) < 4.78 is 0. The van der Waals surface area contributed by atoms with E-state index in [-0.39, 0.29) is 6.61 Å². The maximum atomic E-state index is 8.99. The van der Waals surface area contributed by atoms with E-state index in [1.165, 1.54) is 6.33 Å². The van der Waals surface area contributed by atoms with Crippen LogP contribution in [0.5, 0.6) is 0 Å². The van der Waals surface area contributed by atoms with E-state index >= 15 is 0 Å². The molecule has 0 atom stereocenters. The molecule has 0 saturated carbocycles. The number of nitrogen functional groups attached to an aromatic ring is 1. The fraction of sp³-hybridized carbons (Fsp3) is 0.600. The summed E-state index contributed by atoms with van der Waals surface area (Å²) in [5.74, 6) is 6.88. The van der Waals surface area contributed by atoms with Gasteiger partial charge in [0.15, 0.2) is 0 Å². The highest BCUT2D eigenvalue weighted by molar-refractivity contribution is 5.58. The highest BCUT2D eigenvalue weighted by Crippen LogP contribution is 2.22. The second-order valence-corrected chi connectivity index (χ2v) is 3.33. The predicted molar refractivity (Wildman–Crippen MR) is 64.2 cm³/mol. The van der Waals surface area contributed by atoms with Crippen LogP contribution in [0.25, 0.3) is 0 Å². The van der Waals surface area contributed by atoms with Crippen molar-refractivity contribution in [2.75, 3.05) is 30.0 Å². The number of likely N-dealkylation sites (N-methyl/N-ethyl adjacent to an activating group) is 1. The zero-order chi connectivity index (χ0) is 12.0. The maximum absolute atomic E-state index is 8.99. The predicted octanol–water partition coefficient (Wildman–Crippen LogP) is 0.143. The lowest BCUT2D eigenvalue weighted by atomic mass is 10.2. The van der Waals surface area contributed by atoms with Gasteiger partial charge in [-0.25, -0.2) is 15.8 Å². The monoisotopic (exact) mass is 225 g/mol. The van der Waals surface area contributed by atoms with Crippen LogP contribution in [0.15, 0.2) is 6.33 Å². The van der Waals surface area contributed by atoms with Crippen molar-refractivity contribution in [1.82, 2.24) is 9.97 Å². The number of hydrogen-bond donors (Lipinski definition) is 3. The van der Waals surface area contributed by atoms with Crippen LogP contribution >= 0.6 is 0 Å². The molecule has 0 aliphatic rings. The van der Waals surface area contributed by atoms with Crippen LogP contribution in [0.3, 0.4) is 0 Å². The van der Waals surface area contributed by atoms with Gasteiger partial charge in [-0.1, -0.05) is 6.92 Å². The molecule has 0 aromatic carbocycles. The van der Waals surface area contributed by atoms with Crippen LogP contribution in [0, 0.1) is 0 Å². The van der Waals surface area contributed by atoms with E-state index in [9.17, 15) is 0 Å². The van der Waals surface area contributed by atoms with Gasteiger partial charge in [-0.2, -0.15) is 0 Å². The molecule has 0 unspecified atom stereocenters. The maximum Gasteiger partial charge on any atom is 0.148 e. The van der Waals surface area contributed by atoms with Gasteiger partial charge in [-0.05, 0) is 13.3 Å². The molecule has 0 fully saturated rings. The van der Waals surface area contributed by atoms with Crippen molar-refractivity contribution < 1.29 is 5.11 Å². The number of aliphatic hydroxyl groups excluding tert-OH is 1. The molecule has 6 nitrogen and oxygen atoms in total. The third-order valence-corrected chi connectivity index (χ3v) is 2.46. The zero-order valence-electron chi connectivity index (χ0n) is 9.77. The zero-order valence-corrected chi connectivity index (χ0v) is 9.77. The summed E-state index contributed by atoms with van der Waals surface area (Å²) in [6.07, 6.45) is 2.27. The van der Waals surface area contributed by atoms with Gasteiger partial charge in [0, 0.05) is 18.7 Å². The first-order valence-corrected chi connectivity index (χ1v) is 5.44. The van der Waals surface area contributed by atoms with Crippen molar-refractivity contribution in [2.24, 2.45) is 5.84 Å². The van der Waals surface area contributed by atoms with Gasteiger partial charge in [-0.15, -0.1) is 0 Å². The minimum atomic E-state index is 0.104. The summed E-state index contributed by atoms with van der Waals surface area (Å²) in [7, 11) is 0. The van der Waals surface area contributed by atoms with E-state index in [0.717, 1.165) is 24.3 Å². The van der Waals surface area contributed by atoms with Gasteiger partial charge in [0.25, 0.3) is 0 Å². The second kappa shape index (κ2) is 6.24. The largest absolute Gasteiger partial charge is 0.395 e. The van der Waals surface area contributed by atoms with E-state index in [0.29, 0.717) is 12.4 Å². The Bertz CT molecular complexity index is 331. The topological polar surface area (TPSA) is 87.3 Å². The summed E-state index contributed by atoms with van der Waals surface area (Å²) in [5, 5.41) is 8.99. The summed E-state index contributed by atoms with van der Waals surface area (Å²) in [5.41, 5.74) is 3.54. The standard InChI is InChI=1S/C10H19N5O/c1-3-8-9(14-11)12-7-13-10(8)15(4-2)5-6-16/h7,16H,3-6,11H2,1-2H3,(H,12,13,14). The highest BCUT2D eigenvalue weighted by Gasteiger charge is 2.13. The molecule has 0 amide bonds. The normalized spacial score (nSPS) is 10.2. The van der Waals surface area contributed by atoms with Gasteiger partial charge in [0.1, 0.15) is 18.0 Å². The Labute approximate surface area is 95.5 Å². The molecule has 0 aliphatic heterocycles. The van der Waals surface area contributed by atoms with Crippen molar-refractivity contribution in [3.05, 3.63) is 11.9 Å². The number of aliphatic hydroxyl groups is 1. The summed E-state index contributed by atoms with van der Waals surface area (Å²) >= 11 is 0. The smallest absolute Gasteiger partial charge is 0.148 e. The average Bonchev–Trinajstić information content (AvgIpc) is 2.34. The van der Waals surface area contributed by atoms with Crippen LogP contribution in [0.4, 0.5) is 11.6 Å². The SMILES string of the molecule is CCc1c(NN)ncnc1N(CC)CCO. The first-order valence-electron chi connectivity index (χ1n) is 5.44. The minimum Gasteiger partial charge on any atom is -0.395 e. The fourth-order valence-electron chi connectivity index (χ4n) is 1.66. The average molecular weight is 225 g/mol. The first kappa shape index (κ1) is 12.7. The Morgan fingerprint density at radius 3 is 2.69 bits per heavy atom.